The summed E-state index contributed by atoms with van der Waals surface area (Å²) in [4.78, 5) is 35.1. The van der Waals surface area contributed by atoms with Gasteiger partial charge < -0.3 is 10.6 Å². The zero-order valence-corrected chi connectivity index (χ0v) is 17.1. The van der Waals surface area contributed by atoms with E-state index in [1.807, 2.05) is 0 Å². The number of rotatable bonds is 6. The lowest BCUT2D eigenvalue weighted by Crippen LogP contribution is -2.38. The molecule has 7 nitrogen and oxygen atoms in total. The van der Waals surface area contributed by atoms with Crippen LogP contribution in [0.25, 0.3) is 0 Å². The Bertz CT molecular complexity index is 1190. The molecule has 0 spiro atoms. The van der Waals surface area contributed by atoms with E-state index < -0.39 is 40.1 Å². The Morgan fingerprint density at radius 3 is 2.31 bits per heavy atom. The Kier molecular flexibility index (Phi) is 7.11. The predicted octanol–water partition coefficient (Wildman–Crippen LogP) is 4.57. The smallest absolute Gasteiger partial charge is 0.313 e. The fourth-order valence-corrected chi connectivity index (χ4v) is 3.20. The summed E-state index contributed by atoms with van der Waals surface area (Å²) in [6, 6.07) is 13.8. The van der Waals surface area contributed by atoms with Crippen molar-refractivity contribution in [2.75, 3.05) is 5.32 Å². The lowest BCUT2D eigenvalue weighted by molar-refractivity contribution is -0.384. The number of benzene rings is 3. The standard InChI is InChI=1S/C22H16ClF2N3O4/c23-18-8-7-17(12-20(18)28(31)32)26-21(29)22(30)27-19(14-4-2-6-16(25)11-14)10-13-3-1-5-15(24)9-13/h1-9,11-12,19H,10H2,(H,26,29)(H,27,30)/t19-/m0/s1. The third-order valence-electron chi connectivity index (χ3n) is 4.49. The molecule has 2 amide bonds. The minimum Gasteiger partial charge on any atom is -0.341 e. The summed E-state index contributed by atoms with van der Waals surface area (Å²) in [7, 11) is 0. The molecule has 10 heteroatoms. The number of nitro benzene ring substituents is 1. The Balaban J connectivity index is 1.79. The van der Waals surface area contributed by atoms with Gasteiger partial charge in [-0.2, -0.15) is 0 Å². The van der Waals surface area contributed by atoms with Crippen LogP contribution >= 0.6 is 11.6 Å². The molecular weight excluding hydrogens is 444 g/mol. The average molecular weight is 460 g/mol. The number of anilines is 1. The number of halogens is 3. The van der Waals surface area contributed by atoms with Crippen LogP contribution in [0.3, 0.4) is 0 Å². The molecule has 3 aromatic carbocycles. The molecule has 0 aliphatic rings. The first kappa shape index (κ1) is 22.8. The summed E-state index contributed by atoms with van der Waals surface area (Å²) in [5.41, 5.74) is 0.452. The van der Waals surface area contributed by atoms with E-state index in [-0.39, 0.29) is 17.1 Å². The lowest BCUT2D eigenvalue weighted by Gasteiger charge is -2.19. The number of nitrogens with one attached hydrogen (secondary N) is 2. The van der Waals surface area contributed by atoms with Crippen LogP contribution in [-0.4, -0.2) is 16.7 Å². The first-order valence-electron chi connectivity index (χ1n) is 9.28. The van der Waals surface area contributed by atoms with Crippen LogP contribution < -0.4 is 10.6 Å². The molecule has 164 valence electrons. The van der Waals surface area contributed by atoms with Gasteiger partial charge in [0.05, 0.1) is 11.0 Å². The van der Waals surface area contributed by atoms with E-state index in [9.17, 15) is 28.5 Å². The third-order valence-corrected chi connectivity index (χ3v) is 4.81. The first-order valence-corrected chi connectivity index (χ1v) is 9.66. The molecule has 0 saturated carbocycles. The molecule has 2 N–H and O–H groups in total. The highest BCUT2D eigenvalue weighted by molar-refractivity contribution is 6.39. The number of nitrogens with zero attached hydrogens (tertiary/aromatic N) is 1. The highest BCUT2D eigenvalue weighted by Crippen LogP contribution is 2.27. The van der Waals surface area contributed by atoms with Crippen molar-refractivity contribution in [1.29, 1.82) is 0 Å². The van der Waals surface area contributed by atoms with Crippen molar-refractivity contribution in [2.24, 2.45) is 0 Å². The van der Waals surface area contributed by atoms with Crippen molar-refractivity contribution < 1.29 is 23.3 Å². The molecule has 0 aromatic heterocycles. The van der Waals surface area contributed by atoms with Crippen LogP contribution in [0.2, 0.25) is 5.02 Å². The molecule has 0 radical (unpaired) electrons. The molecule has 0 heterocycles. The summed E-state index contributed by atoms with van der Waals surface area (Å²) < 4.78 is 27.3. The summed E-state index contributed by atoms with van der Waals surface area (Å²) in [6.45, 7) is 0. The Hall–Kier alpha value is -3.85. The zero-order valence-electron chi connectivity index (χ0n) is 16.3. The second kappa shape index (κ2) is 9.97. The van der Waals surface area contributed by atoms with E-state index in [4.69, 9.17) is 11.6 Å². The van der Waals surface area contributed by atoms with Gasteiger partial charge in [0.15, 0.2) is 0 Å². The molecule has 0 bridgehead atoms. The van der Waals surface area contributed by atoms with Crippen molar-refractivity contribution in [3.8, 4) is 0 Å². The Morgan fingerprint density at radius 1 is 0.969 bits per heavy atom. The van der Waals surface area contributed by atoms with Gasteiger partial charge in [-0.25, -0.2) is 8.78 Å². The van der Waals surface area contributed by atoms with Gasteiger partial charge in [-0.15, -0.1) is 0 Å². The summed E-state index contributed by atoms with van der Waals surface area (Å²) >= 11 is 5.74. The maximum Gasteiger partial charge on any atom is 0.313 e. The van der Waals surface area contributed by atoms with E-state index in [0.29, 0.717) is 11.1 Å². The van der Waals surface area contributed by atoms with Gasteiger partial charge in [0.2, 0.25) is 0 Å². The van der Waals surface area contributed by atoms with E-state index >= 15 is 0 Å². The van der Waals surface area contributed by atoms with Crippen molar-refractivity contribution in [3.63, 3.8) is 0 Å². The van der Waals surface area contributed by atoms with Crippen molar-refractivity contribution in [2.45, 2.75) is 12.5 Å². The lowest BCUT2D eigenvalue weighted by atomic mass is 9.98. The second-order valence-corrected chi connectivity index (χ2v) is 7.20. The van der Waals surface area contributed by atoms with Gasteiger partial charge in [0.25, 0.3) is 5.69 Å². The topological polar surface area (TPSA) is 101 Å². The fourth-order valence-electron chi connectivity index (χ4n) is 3.02. The van der Waals surface area contributed by atoms with Crippen LogP contribution in [0.1, 0.15) is 17.2 Å². The van der Waals surface area contributed by atoms with Crippen LogP contribution in [-0.2, 0) is 16.0 Å². The SMILES string of the molecule is O=C(Nc1ccc(Cl)c([N+](=O)[O-])c1)C(=O)N[C@@H](Cc1cccc(F)c1)c1cccc(F)c1. The van der Waals surface area contributed by atoms with Gasteiger partial charge in [-0.3, -0.25) is 19.7 Å². The number of nitro groups is 1. The van der Waals surface area contributed by atoms with E-state index in [0.717, 1.165) is 6.07 Å². The molecular formula is C22H16ClF2N3O4. The van der Waals surface area contributed by atoms with Gasteiger partial charge in [0, 0.05) is 11.8 Å². The van der Waals surface area contributed by atoms with E-state index in [2.05, 4.69) is 10.6 Å². The van der Waals surface area contributed by atoms with Gasteiger partial charge in [-0.05, 0) is 53.9 Å². The minimum absolute atomic E-state index is 0.00585. The molecule has 3 aromatic rings. The molecule has 32 heavy (non-hydrogen) atoms. The third kappa shape index (κ3) is 5.86. The number of carbonyl (C=O) groups is 2. The maximum absolute atomic E-state index is 13.7. The molecule has 1 atom stereocenters. The summed E-state index contributed by atoms with van der Waals surface area (Å²) in [5.74, 6) is -3.18. The number of hydrogen-bond donors (Lipinski definition) is 2. The maximum atomic E-state index is 13.7. The van der Waals surface area contributed by atoms with Crippen molar-refractivity contribution in [1.82, 2.24) is 5.32 Å². The highest BCUT2D eigenvalue weighted by Gasteiger charge is 2.22. The van der Waals surface area contributed by atoms with Crippen LogP contribution in [0.4, 0.5) is 20.2 Å². The number of carbonyl (C=O) groups excluding carboxylic acids is 2. The summed E-state index contributed by atoms with van der Waals surface area (Å²) in [6.07, 6.45) is 0.0899. The fraction of sp³-hybridized carbons (Fsp3) is 0.0909. The normalized spacial score (nSPS) is 11.5. The molecule has 0 saturated heterocycles. The van der Waals surface area contributed by atoms with Crippen LogP contribution in [0, 0.1) is 21.7 Å². The van der Waals surface area contributed by atoms with Crippen LogP contribution in [0.5, 0.6) is 0 Å². The second-order valence-electron chi connectivity index (χ2n) is 6.79. The number of hydrogen-bond acceptors (Lipinski definition) is 4. The largest absolute Gasteiger partial charge is 0.341 e. The quantitative estimate of drug-likeness (QED) is 0.320. The first-order chi connectivity index (χ1) is 15.2. The van der Waals surface area contributed by atoms with E-state index in [1.54, 1.807) is 12.1 Å². The molecule has 0 aliphatic heterocycles. The minimum atomic E-state index is -1.10. The molecule has 0 fully saturated rings. The van der Waals surface area contributed by atoms with Gasteiger partial charge >= 0.3 is 11.8 Å². The van der Waals surface area contributed by atoms with Gasteiger partial charge in [-0.1, -0.05) is 35.9 Å². The molecule has 0 unspecified atom stereocenters. The average Bonchev–Trinajstić information content (AvgIpc) is 2.74. The van der Waals surface area contributed by atoms with Crippen molar-refractivity contribution >= 4 is 34.8 Å². The molecule has 3 rings (SSSR count). The monoisotopic (exact) mass is 459 g/mol. The Labute approximate surface area is 186 Å². The summed E-state index contributed by atoms with van der Waals surface area (Å²) in [5, 5.41) is 15.6. The zero-order chi connectivity index (χ0) is 23.3. The van der Waals surface area contributed by atoms with Crippen molar-refractivity contribution in [3.05, 3.63) is 105 Å². The van der Waals surface area contributed by atoms with E-state index in [1.165, 1.54) is 48.5 Å². The highest BCUT2D eigenvalue weighted by atomic mass is 35.5. The number of amides is 2. The predicted molar refractivity (Wildman–Crippen MR) is 114 cm³/mol. The van der Waals surface area contributed by atoms with Crippen LogP contribution in [0.15, 0.2) is 66.7 Å². The Morgan fingerprint density at radius 2 is 1.66 bits per heavy atom. The molecule has 0 aliphatic carbocycles. The van der Waals surface area contributed by atoms with Gasteiger partial charge in [0.1, 0.15) is 16.7 Å².